The van der Waals surface area contributed by atoms with Gasteiger partial charge in [0.15, 0.2) is 5.96 Å². The minimum atomic E-state index is -1.35. The Morgan fingerprint density at radius 2 is 2.08 bits per heavy atom. The smallest absolute Gasteiger partial charge is 0.406 e. The van der Waals surface area contributed by atoms with Crippen molar-refractivity contribution in [2.24, 2.45) is 5.73 Å². The minimum Gasteiger partial charge on any atom is -0.481 e. The molecule has 1 aliphatic heterocycles. The van der Waals surface area contributed by atoms with Gasteiger partial charge < -0.3 is 41.4 Å². The molecular weight excluding hydrogens is 350 g/mol. The Balaban J connectivity index is 2.97. The first-order valence-corrected chi connectivity index (χ1v) is 7.63. The normalized spacial score (nSPS) is 22.9. The van der Waals surface area contributed by atoms with E-state index in [0.29, 0.717) is 0 Å². The summed E-state index contributed by atoms with van der Waals surface area (Å²) in [4.78, 5) is 33.8. The van der Waals surface area contributed by atoms with Crippen LogP contribution < -0.4 is 21.7 Å². The van der Waals surface area contributed by atoms with Crippen LogP contribution in [0.15, 0.2) is 11.8 Å². The summed E-state index contributed by atoms with van der Waals surface area (Å²) in [5.74, 6) is -2.62. The number of carbonyl (C=O) groups excluding carboxylic acids is 2. The number of carboxylic acid groups (broad SMARTS) is 1. The third kappa shape index (κ3) is 6.47. The number of hydrogen-bond acceptors (Lipinski definition) is 7. The number of nitrogens with one attached hydrogen (secondary N) is 4. The Morgan fingerprint density at radius 1 is 1.42 bits per heavy atom. The van der Waals surface area contributed by atoms with Gasteiger partial charge in [-0.2, -0.15) is 0 Å². The highest BCUT2D eigenvalue weighted by molar-refractivity contribution is 5.85. The maximum atomic E-state index is 11.5. The molecule has 0 spiro atoms. The van der Waals surface area contributed by atoms with Crippen molar-refractivity contribution >= 4 is 23.9 Å². The van der Waals surface area contributed by atoms with Gasteiger partial charge in [0, 0.05) is 19.9 Å². The maximum absolute atomic E-state index is 11.5. The summed E-state index contributed by atoms with van der Waals surface area (Å²) in [6.45, 7) is 1.09. The molecule has 4 atom stereocenters. The molecule has 0 aliphatic carbocycles. The fourth-order valence-corrected chi connectivity index (χ4v) is 2.44. The largest absolute Gasteiger partial charge is 0.481 e. The third-order valence-electron chi connectivity index (χ3n) is 3.47. The van der Waals surface area contributed by atoms with Crippen molar-refractivity contribution in [2.75, 3.05) is 13.7 Å². The lowest BCUT2D eigenvalue weighted by atomic mass is 9.94. The van der Waals surface area contributed by atoms with Gasteiger partial charge >= 0.3 is 12.1 Å². The monoisotopic (exact) mass is 373 g/mol. The van der Waals surface area contributed by atoms with Crippen molar-refractivity contribution in [3.8, 4) is 0 Å². The SMILES string of the molecule is COC(=O)NC[C@@H](O)CC1OC(C(=O)O)=C[C@H](NC(=N)N)[C@H]1NC(C)=O. The van der Waals surface area contributed by atoms with Gasteiger partial charge in [-0.15, -0.1) is 0 Å². The molecule has 0 aromatic carbocycles. The standard InChI is InChI=1S/C14H23N5O7/c1-6(20)18-11-8(19-13(15)16)4-10(12(22)23)26-9(11)3-7(21)5-17-14(24)25-2/h4,7-9,11,21H,3,5H2,1-2H3,(H,17,24)(H,18,20)(H,22,23)(H4,15,16,19)/t7-,8-,9?,11+/m0/s1. The molecule has 0 aromatic heterocycles. The molecule has 0 saturated heterocycles. The van der Waals surface area contributed by atoms with Crippen molar-refractivity contribution < 1.29 is 34.1 Å². The summed E-state index contributed by atoms with van der Waals surface area (Å²) in [7, 11) is 1.17. The summed E-state index contributed by atoms with van der Waals surface area (Å²) < 4.78 is 9.76. The molecule has 0 aromatic rings. The van der Waals surface area contributed by atoms with Crippen LogP contribution in [0.2, 0.25) is 0 Å². The molecule has 0 saturated carbocycles. The fourth-order valence-electron chi connectivity index (χ4n) is 2.44. The molecule has 12 heteroatoms. The Bertz CT molecular complexity index is 594. The lowest BCUT2D eigenvalue weighted by Gasteiger charge is -2.38. The minimum absolute atomic E-state index is 0.115. The maximum Gasteiger partial charge on any atom is 0.406 e. The first-order chi connectivity index (χ1) is 12.1. The number of aliphatic carboxylic acids is 1. The van der Waals surface area contributed by atoms with Gasteiger partial charge in [0.25, 0.3) is 0 Å². The molecule has 146 valence electrons. The van der Waals surface area contributed by atoms with Crippen LogP contribution >= 0.6 is 0 Å². The number of carbonyl (C=O) groups is 3. The van der Waals surface area contributed by atoms with Crippen molar-refractivity contribution in [1.29, 1.82) is 5.41 Å². The number of nitrogens with two attached hydrogens (primary N) is 1. The molecule has 0 fully saturated rings. The number of amides is 2. The van der Waals surface area contributed by atoms with E-state index in [1.807, 2.05) is 0 Å². The third-order valence-corrected chi connectivity index (χ3v) is 3.47. The number of aliphatic hydroxyl groups is 1. The zero-order chi connectivity index (χ0) is 19.9. The van der Waals surface area contributed by atoms with Gasteiger partial charge in [0.2, 0.25) is 11.7 Å². The van der Waals surface area contributed by atoms with Gasteiger partial charge in [-0.05, 0) is 6.08 Å². The number of alkyl carbamates (subject to hydrolysis) is 1. The van der Waals surface area contributed by atoms with Crippen molar-refractivity contribution in [2.45, 2.75) is 37.6 Å². The molecule has 0 bridgehead atoms. The van der Waals surface area contributed by atoms with E-state index in [9.17, 15) is 24.6 Å². The number of aliphatic hydroxyl groups excluding tert-OH is 1. The first-order valence-electron chi connectivity index (χ1n) is 7.63. The highest BCUT2D eigenvalue weighted by Crippen LogP contribution is 2.22. The number of methoxy groups -OCH3 is 1. The number of ether oxygens (including phenoxy) is 2. The van der Waals surface area contributed by atoms with Gasteiger partial charge in [-0.25, -0.2) is 9.59 Å². The molecule has 1 heterocycles. The quantitative estimate of drug-likeness (QED) is 0.191. The Hall–Kier alpha value is -3.02. The summed E-state index contributed by atoms with van der Waals surface area (Å²) in [6, 6.07) is -1.66. The Morgan fingerprint density at radius 3 is 2.58 bits per heavy atom. The lowest BCUT2D eigenvalue weighted by molar-refractivity contribution is -0.139. The van der Waals surface area contributed by atoms with E-state index >= 15 is 0 Å². The zero-order valence-corrected chi connectivity index (χ0v) is 14.3. The van der Waals surface area contributed by atoms with E-state index in [0.717, 1.165) is 0 Å². The fraction of sp³-hybridized carbons (Fsp3) is 0.571. The number of hydrogen-bond donors (Lipinski definition) is 7. The summed E-state index contributed by atoms with van der Waals surface area (Å²) in [5, 5.41) is 34.0. The van der Waals surface area contributed by atoms with E-state index in [-0.39, 0.29) is 13.0 Å². The topological polar surface area (TPSA) is 196 Å². The Labute approximate surface area is 149 Å². The highest BCUT2D eigenvalue weighted by Gasteiger charge is 2.38. The molecule has 1 unspecified atom stereocenters. The number of rotatable bonds is 7. The molecule has 2 amide bonds. The average Bonchev–Trinajstić information content (AvgIpc) is 2.54. The number of guanidine groups is 1. The molecular formula is C14H23N5O7. The molecule has 1 rings (SSSR count). The predicted molar refractivity (Wildman–Crippen MR) is 88.1 cm³/mol. The van der Waals surface area contributed by atoms with E-state index in [2.05, 4.69) is 20.7 Å². The molecule has 1 aliphatic rings. The van der Waals surface area contributed by atoms with Gasteiger partial charge in [-0.1, -0.05) is 0 Å². The molecule has 0 radical (unpaired) electrons. The van der Waals surface area contributed by atoms with E-state index in [1.54, 1.807) is 0 Å². The molecule has 12 nitrogen and oxygen atoms in total. The van der Waals surface area contributed by atoms with Crippen LogP contribution in [-0.2, 0) is 19.1 Å². The van der Waals surface area contributed by atoms with Gasteiger partial charge in [0.05, 0.1) is 25.3 Å². The highest BCUT2D eigenvalue weighted by atomic mass is 16.5. The van der Waals surface area contributed by atoms with Crippen LogP contribution in [-0.4, -0.2) is 72.1 Å². The van der Waals surface area contributed by atoms with Crippen LogP contribution in [0, 0.1) is 5.41 Å². The second-order valence-corrected chi connectivity index (χ2v) is 5.56. The summed E-state index contributed by atoms with van der Waals surface area (Å²) in [5.41, 5.74) is 5.31. The van der Waals surface area contributed by atoms with E-state index in [4.69, 9.17) is 15.9 Å². The van der Waals surface area contributed by atoms with Gasteiger partial charge in [-0.3, -0.25) is 10.2 Å². The second-order valence-electron chi connectivity index (χ2n) is 5.56. The van der Waals surface area contributed by atoms with Crippen molar-refractivity contribution in [3.05, 3.63) is 11.8 Å². The Kier molecular flexibility index (Phi) is 7.65. The molecule has 26 heavy (non-hydrogen) atoms. The predicted octanol–water partition coefficient (Wildman–Crippen LogP) is -2.18. The van der Waals surface area contributed by atoms with Crippen LogP contribution in [0.4, 0.5) is 4.79 Å². The van der Waals surface area contributed by atoms with E-state index in [1.165, 1.54) is 20.1 Å². The average molecular weight is 373 g/mol. The van der Waals surface area contributed by atoms with E-state index < -0.39 is 54.0 Å². The second kappa shape index (κ2) is 9.46. The van der Waals surface area contributed by atoms with Crippen LogP contribution in [0.3, 0.4) is 0 Å². The van der Waals surface area contributed by atoms with Crippen molar-refractivity contribution in [1.82, 2.24) is 16.0 Å². The van der Waals surface area contributed by atoms with Crippen molar-refractivity contribution in [3.63, 3.8) is 0 Å². The van der Waals surface area contributed by atoms with Crippen LogP contribution in [0.5, 0.6) is 0 Å². The summed E-state index contributed by atoms with van der Waals surface area (Å²) in [6.07, 6.45) is -1.74. The van der Waals surface area contributed by atoms with Gasteiger partial charge in [0.1, 0.15) is 6.10 Å². The first kappa shape index (κ1) is 21.0. The lowest BCUT2D eigenvalue weighted by Crippen LogP contribution is -2.60. The zero-order valence-electron chi connectivity index (χ0n) is 14.3. The summed E-state index contributed by atoms with van der Waals surface area (Å²) >= 11 is 0. The van der Waals surface area contributed by atoms with Crippen LogP contribution in [0.25, 0.3) is 0 Å². The van der Waals surface area contributed by atoms with Crippen LogP contribution in [0.1, 0.15) is 13.3 Å². The number of carboxylic acids is 1. The molecule has 8 N–H and O–H groups in total.